The summed E-state index contributed by atoms with van der Waals surface area (Å²) in [7, 11) is 1.30. The number of alkyl carbamates (subject to hydrolysis) is 1. The Balaban J connectivity index is 1.11. The van der Waals surface area contributed by atoms with Crippen molar-refractivity contribution in [1.29, 1.82) is 0 Å². The average molecular weight is 666 g/mol. The lowest BCUT2D eigenvalue weighted by atomic mass is 9.94. The highest BCUT2D eigenvalue weighted by atomic mass is 16.5. The number of hydrogen-bond acceptors (Lipinski definition) is 6. The van der Waals surface area contributed by atoms with Gasteiger partial charge in [0.25, 0.3) is 0 Å². The summed E-state index contributed by atoms with van der Waals surface area (Å²) in [5, 5.41) is 5.77. The minimum absolute atomic E-state index is 0.0407. The molecule has 0 spiro atoms. The summed E-state index contributed by atoms with van der Waals surface area (Å²) < 4.78 is 4.75. The zero-order valence-electron chi connectivity index (χ0n) is 29.0. The molecular formula is C38H47N7O4. The Kier molecular flexibility index (Phi) is 10.2. The number of aromatic amines is 2. The van der Waals surface area contributed by atoms with Gasteiger partial charge in [0.2, 0.25) is 11.8 Å². The molecule has 4 N–H and O–H groups in total. The number of aromatic nitrogens is 4. The summed E-state index contributed by atoms with van der Waals surface area (Å²) in [5.41, 5.74) is 6.07. The molecule has 4 aromatic rings. The van der Waals surface area contributed by atoms with Gasteiger partial charge in [-0.25, -0.2) is 14.8 Å². The molecule has 3 amide bonds. The lowest BCUT2D eigenvalue weighted by Gasteiger charge is -2.30. The number of H-pyrrole nitrogens is 2. The largest absolute Gasteiger partial charge is 0.453 e. The van der Waals surface area contributed by atoms with Gasteiger partial charge in [-0.1, -0.05) is 68.8 Å². The number of imidazole rings is 2. The van der Waals surface area contributed by atoms with Crippen molar-refractivity contribution in [2.75, 3.05) is 13.7 Å². The monoisotopic (exact) mass is 665 g/mol. The number of ether oxygens (including phenoxy) is 1. The van der Waals surface area contributed by atoms with Crippen molar-refractivity contribution in [2.45, 2.75) is 83.8 Å². The van der Waals surface area contributed by atoms with E-state index in [1.807, 2.05) is 45.0 Å². The molecule has 258 valence electrons. The Hall–Kier alpha value is -4.93. The van der Waals surface area contributed by atoms with Crippen LogP contribution in [0.1, 0.15) is 83.4 Å². The van der Waals surface area contributed by atoms with Crippen LogP contribution in [0.4, 0.5) is 4.79 Å². The Labute approximate surface area is 287 Å². The van der Waals surface area contributed by atoms with Crippen LogP contribution in [0, 0.1) is 11.8 Å². The van der Waals surface area contributed by atoms with Gasteiger partial charge in [-0.3, -0.25) is 9.59 Å². The Bertz CT molecular complexity index is 1760. The molecule has 4 atom stereocenters. The predicted octanol–water partition coefficient (Wildman–Crippen LogP) is 6.59. The second kappa shape index (κ2) is 14.7. The van der Waals surface area contributed by atoms with E-state index in [4.69, 9.17) is 9.72 Å². The van der Waals surface area contributed by atoms with Crippen molar-refractivity contribution < 1.29 is 19.1 Å². The van der Waals surface area contributed by atoms with Crippen molar-refractivity contribution >= 4 is 17.9 Å². The van der Waals surface area contributed by atoms with Gasteiger partial charge in [-0.15, -0.1) is 0 Å². The molecule has 6 rings (SSSR count). The summed E-state index contributed by atoms with van der Waals surface area (Å²) in [6.07, 6.45) is 7.62. The molecule has 0 bridgehead atoms. The Morgan fingerprint density at radius 1 is 0.776 bits per heavy atom. The molecule has 2 fully saturated rings. The normalized spacial score (nSPS) is 19.7. The van der Waals surface area contributed by atoms with Gasteiger partial charge >= 0.3 is 6.09 Å². The standard InChI is InChI=1S/C38H47N7O4/c1-22(2)33(44-38(48)49-5)37(47)45-19-7-10-32(45)35-40-21-31(43-35)27-17-13-25(14-18-27)24-11-15-26(16-12-24)30-20-39-34(42-30)28-8-6-9-29(28)36(46)41-23(3)4/h11-18,20-23,28-29,32-33H,6-10,19H2,1-5H3,(H,39,42)(H,40,43)(H,41,46)(H,44,48)/t28?,29?,32-,33-/m0/s1. The number of likely N-dealkylation sites (tertiary alicyclic amines) is 1. The van der Waals surface area contributed by atoms with Crippen LogP contribution >= 0.6 is 0 Å². The molecule has 3 heterocycles. The van der Waals surface area contributed by atoms with Crippen LogP contribution in [-0.4, -0.2) is 68.5 Å². The highest BCUT2D eigenvalue weighted by Crippen LogP contribution is 2.39. The summed E-state index contributed by atoms with van der Waals surface area (Å²) >= 11 is 0. The zero-order chi connectivity index (χ0) is 34.7. The van der Waals surface area contributed by atoms with Crippen LogP contribution in [0.25, 0.3) is 33.6 Å². The molecule has 1 saturated carbocycles. The average Bonchev–Trinajstić information content (AvgIpc) is 3.93. The molecule has 2 unspecified atom stereocenters. The molecule has 2 aromatic carbocycles. The van der Waals surface area contributed by atoms with Gasteiger partial charge in [0.05, 0.1) is 36.9 Å². The van der Waals surface area contributed by atoms with Crippen LogP contribution in [0.3, 0.4) is 0 Å². The molecule has 11 heteroatoms. The van der Waals surface area contributed by atoms with Crippen LogP contribution in [-0.2, 0) is 14.3 Å². The number of rotatable bonds is 10. The van der Waals surface area contributed by atoms with Crippen molar-refractivity contribution in [1.82, 2.24) is 35.5 Å². The quantitative estimate of drug-likeness (QED) is 0.151. The van der Waals surface area contributed by atoms with E-state index in [0.717, 1.165) is 77.4 Å². The first-order valence-electron chi connectivity index (χ1n) is 17.4. The van der Waals surface area contributed by atoms with Crippen LogP contribution < -0.4 is 10.6 Å². The van der Waals surface area contributed by atoms with Gasteiger partial charge in [0, 0.05) is 24.4 Å². The topological polar surface area (TPSA) is 145 Å². The van der Waals surface area contributed by atoms with E-state index < -0.39 is 12.1 Å². The minimum Gasteiger partial charge on any atom is -0.453 e. The third-order valence-electron chi connectivity index (χ3n) is 9.79. The maximum Gasteiger partial charge on any atom is 0.407 e. The van der Waals surface area contributed by atoms with Crippen LogP contribution in [0.2, 0.25) is 0 Å². The van der Waals surface area contributed by atoms with E-state index in [0.29, 0.717) is 6.54 Å². The van der Waals surface area contributed by atoms with E-state index in [9.17, 15) is 14.4 Å². The summed E-state index contributed by atoms with van der Waals surface area (Å²) in [5.74, 6) is 1.61. The first-order valence-corrected chi connectivity index (χ1v) is 17.4. The molecular weight excluding hydrogens is 618 g/mol. The second-order valence-electron chi connectivity index (χ2n) is 13.9. The van der Waals surface area contributed by atoms with E-state index in [2.05, 4.69) is 74.1 Å². The fourth-order valence-corrected chi connectivity index (χ4v) is 7.19. The Morgan fingerprint density at radius 3 is 1.92 bits per heavy atom. The molecule has 2 aromatic heterocycles. The minimum atomic E-state index is -0.671. The maximum atomic E-state index is 13.5. The first-order chi connectivity index (χ1) is 23.6. The fraction of sp³-hybridized carbons (Fsp3) is 0.447. The SMILES string of the molecule is COC(=O)N[C@H](C(=O)N1CCC[C@H]1c1ncc(-c2ccc(-c3ccc(-c4cnc(C5CCCC5C(=O)NC(C)C)[nH]4)cc3)cc2)[nH]1)C(C)C. The van der Waals surface area contributed by atoms with Gasteiger partial charge < -0.3 is 30.2 Å². The predicted molar refractivity (Wildman–Crippen MR) is 188 cm³/mol. The van der Waals surface area contributed by atoms with Gasteiger partial charge in [0.1, 0.15) is 17.7 Å². The van der Waals surface area contributed by atoms with Gasteiger partial charge in [-0.05, 0) is 67.7 Å². The highest BCUT2D eigenvalue weighted by Gasteiger charge is 2.38. The van der Waals surface area contributed by atoms with Crippen molar-refractivity contribution in [3.8, 4) is 33.6 Å². The van der Waals surface area contributed by atoms with E-state index in [1.165, 1.54) is 7.11 Å². The zero-order valence-corrected chi connectivity index (χ0v) is 29.0. The number of carbonyl (C=O) groups excluding carboxylic acids is 3. The smallest absolute Gasteiger partial charge is 0.407 e. The summed E-state index contributed by atoms with van der Waals surface area (Å²) in [4.78, 5) is 56.3. The number of nitrogens with zero attached hydrogens (tertiary/aromatic N) is 3. The number of hydrogen-bond donors (Lipinski definition) is 4. The number of amides is 3. The van der Waals surface area contributed by atoms with E-state index >= 15 is 0 Å². The number of benzene rings is 2. The van der Waals surface area contributed by atoms with E-state index in [-0.39, 0.29) is 41.7 Å². The summed E-state index contributed by atoms with van der Waals surface area (Å²) in [6, 6.07) is 16.0. The first kappa shape index (κ1) is 34.0. The third kappa shape index (κ3) is 7.40. The molecule has 1 aliphatic carbocycles. The molecule has 1 saturated heterocycles. The van der Waals surface area contributed by atoms with Gasteiger partial charge in [-0.2, -0.15) is 0 Å². The fourth-order valence-electron chi connectivity index (χ4n) is 7.19. The Morgan fingerprint density at radius 2 is 1.35 bits per heavy atom. The number of carbonyl (C=O) groups is 3. The summed E-state index contributed by atoms with van der Waals surface area (Å²) in [6.45, 7) is 8.41. The van der Waals surface area contributed by atoms with Crippen molar-refractivity contribution in [3.05, 3.63) is 72.6 Å². The third-order valence-corrected chi connectivity index (χ3v) is 9.79. The molecule has 1 aliphatic heterocycles. The number of nitrogens with one attached hydrogen (secondary N) is 4. The lowest BCUT2D eigenvalue weighted by Crippen LogP contribution is -2.51. The highest BCUT2D eigenvalue weighted by molar-refractivity contribution is 5.86. The second-order valence-corrected chi connectivity index (χ2v) is 13.9. The maximum absolute atomic E-state index is 13.5. The van der Waals surface area contributed by atoms with Crippen molar-refractivity contribution in [2.24, 2.45) is 11.8 Å². The van der Waals surface area contributed by atoms with Crippen LogP contribution in [0.15, 0.2) is 60.9 Å². The molecule has 0 radical (unpaired) electrons. The van der Waals surface area contributed by atoms with Crippen LogP contribution in [0.5, 0.6) is 0 Å². The molecule has 49 heavy (non-hydrogen) atoms. The molecule has 2 aliphatic rings. The van der Waals surface area contributed by atoms with Gasteiger partial charge in [0.15, 0.2) is 0 Å². The lowest BCUT2D eigenvalue weighted by molar-refractivity contribution is -0.135. The van der Waals surface area contributed by atoms with Crippen molar-refractivity contribution in [3.63, 3.8) is 0 Å². The van der Waals surface area contributed by atoms with E-state index in [1.54, 1.807) is 0 Å². The number of methoxy groups -OCH3 is 1. The molecule has 11 nitrogen and oxygen atoms in total.